The summed E-state index contributed by atoms with van der Waals surface area (Å²) in [5.41, 5.74) is 4.28. The van der Waals surface area contributed by atoms with Crippen LogP contribution in [0.25, 0.3) is 0 Å². The standard InChI is InChI=1S/C34H58O4Si2/c1-11-39(12-2,13-3)37-33-22-19-29(24-36-23-28-17-20-30(35-10)21-18-28)31-15-14-16-32(33)34(31)38-40(25(4)5,26(6)7)27(8)9/h15,17-18,20-22,25-27,29,32,34H,11-14,16,19,23-24H2,1-10H3/t29-,32-,34+/m0/s1. The van der Waals surface area contributed by atoms with Crippen molar-refractivity contribution in [1.82, 2.24) is 0 Å². The molecule has 2 aliphatic carbocycles. The van der Waals surface area contributed by atoms with Crippen molar-refractivity contribution in [2.45, 2.75) is 129 Å². The molecule has 2 aliphatic rings. The first-order valence-electron chi connectivity index (χ1n) is 16.0. The minimum absolute atomic E-state index is 0.0909. The fourth-order valence-corrected chi connectivity index (χ4v) is 15.7. The molecule has 0 aliphatic heterocycles. The number of rotatable bonds is 15. The summed E-state index contributed by atoms with van der Waals surface area (Å²) < 4.78 is 26.6. The van der Waals surface area contributed by atoms with Crippen molar-refractivity contribution in [1.29, 1.82) is 0 Å². The van der Waals surface area contributed by atoms with E-state index in [0.717, 1.165) is 43.1 Å². The highest BCUT2D eigenvalue weighted by atomic mass is 28.4. The average Bonchev–Trinajstić information content (AvgIpc) is 3.01. The lowest BCUT2D eigenvalue weighted by molar-refractivity contribution is 0.0768. The number of hydrogen-bond donors (Lipinski definition) is 0. The Labute approximate surface area is 248 Å². The van der Waals surface area contributed by atoms with Gasteiger partial charge in [0.2, 0.25) is 16.6 Å². The van der Waals surface area contributed by atoms with Gasteiger partial charge in [-0.25, -0.2) is 0 Å². The summed E-state index contributed by atoms with van der Waals surface area (Å²) in [5.74, 6) is 2.74. The maximum atomic E-state index is 7.67. The van der Waals surface area contributed by atoms with Crippen molar-refractivity contribution >= 4 is 16.6 Å². The lowest BCUT2D eigenvalue weighted by Crippen LogP contribution is -2.53. The highest BCUT2D eigenvalue weighted by molar-refractivity contribution is 6.77. The van der Waals surface area contributed by atoms with Crippen molar-refractivity contribution in [2.75, 3.05) is 13.7 Å². The van der Waals surface area contributed by atoms with Crippen LogP contribution >= 0.6 is 0 Å². The minimum Gasteiger partial charge on any atom is -0.546 e. The summed E-state index contributed by atoms with van der Waals surface area (Å²) in [5, 5.41) is 0. The molecule has 3 atom stereocenters. The highest BCUT2D eigenvalue weighted by Gasteiger charge is 2.50. The molecule has 226 valence electrons. The molecule has 0 saturated heterocycles. The summed E-state index contributed by atoms with van der Waals surface area (Å²) in [6.45, 7) is 22.7. The Morgan fingerprint density at radius 1 is 0.850 bits per heavy atom. The van der Waals surface area contributed by atoms with Gasteiger partial charge in [-0.3, -0.25) is 0 Å². The van der Waals surface area contributed by atoms with E-state index in [4.69, 9.17) is 18.3 Å². The van der Waals surface area contributed by atoms with E-state index in [1.54, 1.807) is 7.11 Å². The SMILES string of the molecule is CC[Si](CC)(CC)OC1=CC[C@@H](COCc2ccc(OC)cc2)C2=CCC[C@@H]1[C@@H]2O[Si](C(C)C)(C(C)C)C(C)C. The lowest BCUT2D eigenvalue weighted by atomic mass is 9.81. The summed E-state index contributed by atoms with van der Waals surface area (Å²) >= 11 is 0. The molecular formula is C34H58O4Si2. The summed E-state index contributed by atoms with van der Waals surface area (Å²) in [6.07, 6.45) is 8.20. The van der Waals surface area contributed by atoms with Gasteiger partial charge in [0.15, 0.2) is 0 Å². The third kappa shape index (κ3) is 7.16. The van der Waals surface area contributed by atoms with Crippen LogP contribution in [0, 0.1) is 11.8 Å². The van der Waals surface area contributed by atoms with E-state index in [1.165, 1.54) is 16.9 Å². The third-order valence-electron chi connectivity index (χ3n) is 10.0. The molecule has 0 fully saturated rings. The summed E-state index contributed by atoms with van der Waals surface area (Å²) in [6, 6.07) is 11.7. The largest absolute Gasteiger partial charge is 0.546 e. The lowest BCUT2D eigenvalue weighted by Gasteiger charge is -2.48. The Hall–Kier alpha value is -1.35. The average molecular weight is 587 g/mol. The van der Waals surface area contributed by atoms with Gasteiger partial charge in [-0.05, 0) is 83.4 Å². The quantitative estimate of drug-likeness (QED) is 0.151. The van der Waals surface area contributed by atoms with Gasteiger partial charge in [0.05, 0.1) is 32.2 Å². The zero-order valence-corrected chi connectivity index (χ0v) is 29.2. The van der Waals surface area contributed by atoms with Crippen LogP contribution in [0.2, 0.25) is 34.8 Å². The minimum atomic E-state index is -2.10. The molecule has 1 aromatic carbocycles. The Morgan fingerprint density at radius 2 is 1.45 bits per heavy atom. The van der Waals surface area contributed by atoms with Crippen LogP contribution in [0.5, 0.6) is 5.75 Å². The van der Waals surface area contributed by atoms with Gasteiger partial charge >= 0.3 is 0 Å². The van der Waals surface area contributed by atoms with Crippen LogP contribution in [-0.4, -0.2) is 36.5 Å². The Balaban J connectivity index is 1.96. The molecule has 0 saturated carbocycles. The normalized spacial score (nSPS) is 21.9. The zero-order chi connectivity index (χ0) is 29.5. The van der Waals surface area contributed by atoms with Crippen molar-refractivity contribution in [3.8, 4) is 5.75 Å². The van der Waals surface area contributed by atoms with Gasteiger partial charge in [-0.15, -0.1) is 0 Å². The van der Waals surface area contributed by atoms with E-state index >= 15 is 0 Å². The molecular weight excluding hydrogens is 529 g/mol. The van der Waals surface area contributed by atoms with Crippen LogP contribution in [0.4, 0.5) is 0 Å². The molecule has 0 aromatic heterocycles. The van der Waals surface area contributed by atoms with E-state index in [1.807, 2.05) is 12.1 Å². The van der Waals surface area contributed by atoms with Gasteiger partial charge in [0.1, 0.15) is 5.75 Å². The first-order chi connectivity index (χ1) is 19.1. The maximum absolute atomic E-state index is 7.67. The summed E-state index contributed by atoms with van der Waals surface area (Å²) in [4.78, 5) is 0. The molecule has 3 rings (SSSR count). The Morgan fingerprint density at radius 3 is 1.98 bits per heavy atom. The van der Waals surface area contributed by atoms with Crippen LogP contribution in [0.15, 0.2) is 47.7 Å². The van der Waals surface area contributed by atoms with Gasteiger partial charge < -0.3 is 18.3 Å². The molecule has 0 amide bonds. The van der Waals surface area contributed by atoms with Gasteiger partial charge in [-0.2, -0.15) is 0 Å². The number of ether oxygens (including phenoxy) is 2. The second-order valence-electron chi connectivity index (χ2n) is 13.0. The first kappa shape index (κ1) is 33.2. The number of methoxy groups -OCH3 is 1. The second-order valence-corrected chi connectivity index (χ2v) is 23.1. The topological polar surface area (TPSA) is 36.9 Å². The number of benzene rings is 1. The van der Waals surface area contributed by atoms with E-state index in [9.17, 15) is 0 Å². The van der Waals surface area contributed by atoms with Gasteiger partial charge in [0.25, 0.3) is 0 Å². The molecule has 40 heavy (non-hydrogen) atoms. The van der Waals surface area contributed by atoms with Crippen molar-refractivity contribution < 1.29 is 18.3 Å². The highest BCUT2D eigenvalue weighted by Crippen LogP contribution is 2.49. The molecule has 4 nitrogen and oxygen atoms in total. The van der Waals surface area contributed by atoms with Crippen LogP contribution in [0.1, 0.15) is 87.1 Å². The van der Waals surface area contributed by atoms with Crippen molar-refractivity contribution in [3.05, 3.63) is 53.3 Å². The maximum Gasteiger partial charge on any atom is 0.250 e. The van der Waals surface area contributed by atoms with Gasteiger partial charge in [0, 0.05) is 11.8 Å². The molecule has 0 spiro atoms. The van der Waals surface area contributed by atoms with E-state index < -0.39 is 16.6 Å². The monoisotopic (exact) mass is 586 g/mol. The van der Waals surface area contributed by atoms with E-state index in [2.05, 4.69) is 86.6 Å². The predicted octanol–water partition coefficient (Wildman–Crippen LogP) is 10.0. The molecule has 0 heterocycles. The smallest absolute Gasteiger partial charge is 0.250 e. The molecule has 0 radical (unpaired) electrons. The van der Waals surface area contributed by atoms with Gasteiger partial charge in [-0.1, -0.05) is 80.5 Å². The molecule has 6 heteroatoms. The van der Waals surface area contributed by atoms with Crippen molar-refractivity contribution in [2.24, 2.45) is 11.8 Å². The van der Waals surface area contributed by atoms with Crippen LogP contribution in [0.3, 0.4) is 0 Å². The molecule has 0 N–H and O–H groups in total. The summed E-state index contributed by atoms with van der Waals surface area (Å²) in [7, 11) is -2.21. The first-order valence-corrected chi connectivity index (χ1v) is 20.7. The fraction of sp³-hybridized carbons (Fsp3) is 0.706. The molecule has 1 aromatic rings. The van der Waals surface area contributed by atoms with E-state index in [-0.39, 0.29) is 6.10 Å². The van der Waals surface area contributed by atoms with Crippen LogP contribution < -0.4 is 4.74 Å². The number of fused-ring (bicyclic) bond motifs is 2. The fourth-order valence-electron chi connectivity index (χ4n) is 7.48. The molecule has 2 bridgehead atoms. The van der Waals surface area contributed by atoms with Crippen LogP contribution in [-0.2, 0) is 20.2 Å². The third-order valence-corrected chi connectivity index (χ3v) is 20.7. The number of allylic oxidation sites excluding steroid dienone is 2. The Kier molecular flexibility index (Phi) is 12.2. The predicted molar refractivity (Wildman–Crippen MR) is 174 cm³/mol. The molecule has 0 unspecified atom stereocenters. The van der Waals surface area contributed by atoms with Crippen molar-refractivity contribution in [3.63, 3.8) is 0 Å². The second kappa shape index (κ2) is 14.7. The number of hydrogen-bond acceptors (Lipinski definition) is 4. The van der Waals surface area contributed by atoms with E-state index in [0.29, 0.717) is 41.7 Å². The Bertz CT molecular complexity index is 948. The zero-order valence-electron chi connectivity index (χ0n) is 27.2.